The molecule has 1 atom stereocenters. The molecular weight excluding hydrogens is 324 g/mol. The standard InChI is InChI=1S/C22H24N2O2/c1-2-3-7-18-8-6-15-24(18)22(26)17-13-11-16(12-14-17)19-9-4-5-10-20(19)21(23)25/h4-6,8-14,18H,2-3,7,15H2,1H3,(H2,23,25)/t18-/m0/s1. The van der Waals surface area contributed by atoms with Crippen LogP contribution in [0.4, 0.5) is 0 Å². The lowest BCUT2D eigenvalue weighted by Crippen LogP contribution is -2.36. The summed E-state index contributed by atoms with van der Waals surface area (Å²) in [5.74, 6) is -0.409. The molecule has 2 N–H and O–H groups in total. The van der Waals surface area contributed by atoms with Crippen LogP contribution in [0.2, 0.25) is 0 Å². The van der Waals surface area contributed by atoms with Crippen LogP contribution >= 0.6 is 0 Å². The molecule has 1 aliphatic heterocycles. The van der Waals surface area contributed by atoms with E-state index < -0.39 is 5.91 Å². The molecule has 0 aromatic heterocycles. The van der Waals surface area contributed by atoms with Crippen molar-refractivity contribution in [2.45, 2.75) is 32.2 Å². The quantitative estimate of drug-likeness (QED) is 0.801. The fraction of sp³-hybridized carbons (Fsp3) is 0.273. The third-order valence-corrected chi connectivity index (χ3v) is 4.81. The van der Waals surface area contributed by atoms with Crippen LogP contribution in [0.1, 0.15) is 46.9 Å². The summed E-state index contributed by atoms with van der Waals surface area (Å²) in [6.07, 6.45) is 7.44. The van der Waals surface area contributed by atoms with Gasteiger partial charge in [-0.3, -0.25) is 9.59 Å². The number of nitrogens with two attached hydrogens (primary N) is 1. The Kier molecular flexibility index (Phi) is 5.52. The predicted octanol–water partition coefficient (Wildman–Crippen LogP) is 4.02. The van der Waals surface area contributed by atoms with Crippen molar-refractivity contribution in [1.82, 2.24) is 4.90 Å². The summed E-state index contributed by atoms with van der Waals surface area (Å²) in [5.41, 5.74) is 8.26. The molecule has 0 spiro atoms. The molecule has 0 bridgehead atoms. The number of hydrogen-bond donors (Lipinski definition) is 1. The minimum absolute atomic E-state index is 0.0471. The molecule has 2 aromatic rings. The number of primary amides is 1. The molecule has 4 nitrogen and oxygen atoms in total. The van der Waals surface area contributed by atoms with Crippen molar-refractivity contribution in [1.29, 1.82) is 0 Å². The monoisotopic (exact) mass is 348 g/mol. The number of carbonyl (C=O) groups excluding carboxylic acids is 2. The third kappa shape index (κ3) is 3.69. The van der Waals surface area contributed by atoms with Crippen LogP contribution in [0, 0.1) is 0 Å². The van der Waals surface area contributed by atoms with E-state index in [-0.39, 0.29) is 11.9 Å². The molecule has 0 fully saturated rings. The Morgan fingerprint density at radius 3 is 2.54 bits per heavy atom. The van der Waals surface area contributed by atoms with Crippen LogP contribution in [-0.4, -0.2) is 29.3 Å². The van der Waals surface area contributed by atoms with E-state index in [0.717, 1.165) is 30.4 Å². The smallest absolute Gasteiger partial charge is 0.254 e. The van der Waals surface area contributed by atoms with Gasteiger partial charge < -0.3 is 10.6 Å². The van der Waals surface area contributed by atoms with Crippen LogP contribution in [-0.2, 0) is 0 Å². The molecule has 26 heavy (non-hydrogen) atoms. The second-order valence-electron chi connectivity index (χ2n) is 6.58. The van der Waals surface area contributed by atoms with Gasteiger partial charge in [-0.15, -0.1) is 0 Å². The topological polar surface area (TPSA) is 63.4 Å². The summed E-state index contributed by atoms with van der Waals surface area (Å²) in [7, 11) is 0. The minimum Gasteiger partial charge on any atom is -0.366 e. The summed E-state index contributed by atoms with van der Waals surface area (Å²) in [6, 6.07) is 14.8. The van der Waals surface area contributed by atoms with Crippen LogP contribution in [0.25, 0.3) is 11.1 Å². The molecule has 4 heteroatoms. The first-order chi connectivity index (χ1) is 12.6. The molecule has 1 heterocycles. The zero-order valence-electron chi connectivity index (χ0n) is 15.0. The molecule has 0 aliphatic carbocycles. The van der Waals surface area contributed by atoms with E-state index in [2.05, 4.69) is 19.1 Å². The average molecular weight is 348 g/mol. The maximum atomic E-state index is 12.9. The maximum absolute atomic E-state index is 12.9. The van der Waals surface area contributed by atoms with E-state index >= 15 is 0 Å². The lowest BCUT2D eigenvalue weighted by Gasteiger charge is -2.24. The van der Waals surface area contributed by atoms with E-state index in [0.29, 0.717) is 17.7 Å². The van der Waals surface area contributed by atoms with E-state index in [1.54, 1.807) is 12.1 Å². The predicted molar refractivity (Wildman–Crippen MR) is 104 cm³/mol. The second kappa shape index (κ2) is 8.00. The van der Waals surface area contributed by atoms with Crippen molar-refractivity contribution >= 4 is 11.8 Å². The molecule has 2 amide bonds. The summed E-state index contributed by atoms with van der Waals surface area (Å²) < 4.78 is 0. The normalized spacial score (nSPS) is 16.0. The summed E-state index contributed by atoms with van der Waals surface area (Å²) in [5, 5.41) is 0. The molecule has 0 radical (unpaired) electrons. The number of benzene rings is 2. The first-order valence-electron chi connectivity index (χ1n) is 9.08. The van der Waals surface area contributed by atoms with Gasteiger partial charge in [-0.05, 0) is 35.7 Å². The molecule has 0 saturated heterocycles. The zero-order chi connectivity index (χ0) is 18.5. The Labute approximate surface area is 154 Å². The van der Waals surface area contributed by atoms with Gasteiger partial charge >= 0.3 is 0 Å². The Bertz CT molecular complexity index is 824. The summed E-state index contributed by atoms with van der Waals surface area (Å²) in [4.78, 5) is 26.4. The van der Waals surface area contributed by atoms with Gasteiger partial charge in [0.25, 0.3) is 5.91 Å². The number of nitrogens with zero attached hydrogens (tertiary/aromatic N) is 1. The Morgan fingerprint density at radius 2 is 1.85 bits per heavy atom. The first kappa shape index (κ1) is 17.9. The molecule has 0 unspecified atom stereocenters. The largest absolute Gasteiger partial charge is 0.366 e. The van der Waals surface area contributed by atoms with E-state index in [4.69, 9.17) is 5.73 Å². The fourth-order valence-corrected chi connectivity index (χ4v) is 3.38. The van der Waals surface area contributed by atoms with Gasteiger partial charge in [-0.1, -0.05) is 62.2 Å². The first-order valence-corrected chi connectivity index (χ1v) is 9.08. The van der Waals surface area contributed by atoms with Gasteiger partial charge in [0, 0.05) is 17.7 Å². The van der Waals surface area contributed by atoms with Crippen LogP contribution in [0.3, 0.4) is 0 Å². The van der Waals surface area contributed by atoms with Crippen molar-refractivity contribution in [3.63, 3.8) is 0 Å². The van der Waals surface area contributed by atoms with Gasteiger partial charge in [0.15, 0.2) is 0 Å². The van der Waals surface area contributed by atoms with Gasteiger partial charge in [-0.25, -0.2) is 0 Å². The van der Waals surface area contributed by atoms with Crippen LogP contribution in [0.5, 0.6) is 0 Å². The highest BCUT2D eigenvalue weighted by molar-refractivity contribution is 6.00. The van der Waals surface area contributed by atoms with Crippen molar-refractivity contribution in [3.05, 3.63) is 71.8 Å². The van der Waals surface area contributed by atoms with Crippen molar-refractivity contribution in [2.75, 3.05) is 6.54 Å². The van der Waals surface area contributed by atoms with E-state index in [1.165, 1.54) is 0 Å². The van der Waals surface area contributed by atoms with E-state index in [9.17, 15) is 9.59 Å². The van der Waals surface area contributed by atoms with Gasteiger partial charge in [-0.2, -0.15) is 0 Å². The maximum Gasteiger partial charge on any atom is 0.254 e. The molecule has 0 saturated carbocycles. The molecule has 3 rings (SSSR count). The van der Waals surface area contributed by atoms with E-state index in [1.807, 2.05) is 41.3 Å². The molecule has 1 aliphatic rings. The highest BCUT2D eigenvalue weighted by Crippen LogP contribution is 2.25. The van der Waals surface area contributed by atoms with Crippen molar-refractivity contribution < 1.29 is 9.59 Å². The van der Waals surface area contributed by atoms with Gasteiger partial charge in [0.2, 0.25) is 5.91 Å². The highest BCUT2D eigenvalue weighted by Gasteiger charge is 2.25. The average Bonchev–Trinajstić information content (AvgIpc) is 3.14. The number of amides is 2. The zero-order valence-corrected chi connectivity index (χ0v) is 15.0. The van der Waals surface area contributed by atoms with Crippen molar-refractivity contribution in [2.24, 2.45) is 5.73 Å². The Morgan fingerprint density at radius 1 is 1.12 bits per heavy atom. The number of rotatable bonds is 6. The lowest BCUT2D eigenvalue weighted by molar-refractivity contribution is 0.0743. The summed E-state index contributed by atoms with van der Waals surface area (Å²) >= 11 is 0. The molecular formula is C22H24N2O2. The van der Waals surface area contributed by atoms with Gasteiger partial charge in [0.05, 0.1) is 6.04 Å². The summed E-state index contributed by atoms with van der Waals surface area (Å²) in [6.45, 7) is 2.83. The lowest BCUT2D eigenvalue weighted by atomic mass is 9.98. The number of unbranched alkanes of at least 4 members (excludes halogenated alkanes) is 1. The third-order valence-electron chi connectivity index (χ3n) is 4.81. The minimum atomic E-state index is -0.456. The van der Waals surface area contributed by atoms with Crippen LogP contribution < -0.4 is 5.73 Å². The highest BCUT2D eigenvalue weighted by atomic mass is 16.2. The Balaban J connectivity index is 1.80. The fourth-order valence-electron chi connectivity index (χ4n) is 3.38. The SMILES string of the molecule is CCCC[C@H]1C=CCN1C(=O)c1ccc(-c2ccccc2C(N)=O)cc1. The number of hydrogen-bond acceptors (Lipinski definition) is 2. The molecule has 2 aromatic carbocycles. The Hall–Kier alpha value is -2.88. The molecule has 134 valence electrons. The number of carbonyl (C=O) groups is 2. The van der Waals surface area contributed by atoms with Crippen LogP contribution in [0.15, 0.2) is 60.7 Å². The second-order valence-corrected chi connectivity index (χ2v) is 6.58. The van der Waals surface area contributed by atoms with Crippen molar-refractivity contribution in [3.8, 4) is 11.1 Å². The van der Waals surface area contributed by atoms with Gasteiger partial charge in [0.1, 0.15) is 0 Å².